The molecule has 3 aliphatic rings. The summed E-state index contributed by atoms with van der Waals surface area (Å²) >= 11 is 8.28. The first-order valence-electron chi connectivity index (χ1n) is 6.19. The van der Waals surface area contributed by atoms with Crippen LogP contribution < -0.4 is 5.32 Å². The van der Waals surface area contributed by atoms with Crippen LogP contribution >= 0.6 is 35.7 Å². The third-order valence-electron chi connectivity index (χ3n) is 3.78. The van der Waals surface area contributed by atoms with E-state index < -0.39 is 0 Å². The van der Waals surface area contributed by atoms with Crippen LogP contribution in [0.5, 0.6) is 0 Å². The van der Waals surface area contributed by atoms with Crippen molar-refractivity contribution < 1.29 is 4.79 Å². The molecule has 0 aromatic rings. The highest BCUT2D eigenvalue weighted by Gasteiger charge is 2.35. The first-order chi connectivity index (χ1) is 8.54. The minimum Gasteiger partial charge on any atom is -0.307 e. The van der Waals surface area contributed by atoms with Crippen molar-refractivity contribution in [3.05, 3.63) is 20.3 Å². The molecule has 0 aromatic carbocycles. The number of thiocarbonyl (C=S) groups is 1. The van der Waals surface area contributed by atoms with E-state index in [1.807, 2.05) is 11.8 Å². The van der Waals surface area contributed by atoms with Crippen molar-refractivity contribution in [1.82, 2.24) is 5.32 Å². The Morgan fingerprint density at radius 2 is 2.06 bits per heavy atom. The van der Waals surface area contributed by atoms with Crippen LogP contribution in [0.4, 0.5) is 0 Å². The summed E-state index contributed by atoms with van der Waals surface area (Å²) in [5.41, 5.74) is 1.56. The van der Waals surface area contributed by atoms with Gasteiger partial charge in [-0.15, -0.1) is 0 Å². The molecule has 0 bridgehead atoms. The average Bonchev–Trinajstić information content (AvgIpc) is 2.89. The van der Waals surface area contributed by atoms with Gasteiger partial charge in [0, 0.05) is 11.3 Å². The molecule has 0 radical (unpaired) electrons. The SMILES string of the molecule is CC(C)C1CC2=C(C1)SC(=C1SC(=S)NC1=O)C2. The molecule has 1 saturated heterocycles. The normalized spacial score (nSPS) is 31.6. The molecule has 2 heterocycles. The van der Waals surface area contributed by atoms with Crippen molar-refractivity contribution in [2.45, 2.75) is 33.1 Å². The maximum absolute atomic E-state index is 11.8. The van der Waals surface area contributed by atoms with Crippen LogP contribution in [0.15, 0.2) is 20.3 Å². The summed E-state index contributed by atoms with van der Waals surface area (Å²) in [6.07, 6.45) is 3.39. The Labute approximate surface area is 121 Å². The highest BCUT2D eigenvalue weighted by molar-refractivity contribution is 8.27. The van der Waals surface area contributed by atoms with E-state index in [9.17, 15) is 4.79 Å². The zero-order valence-electron chi connectivity index (χ0n) is 10.4. The lowest BCUT2D eigenvalue weighted by Gasteiger charge is -2.16. The van der Waals surface area contributed by atoms with Crippen LogP contribution in [0.2, 0.25) is 0 Å². The van der Waals surface area contributed by atoms with Crippen LogP contribution in [-0.2, 0) is 4.79 Å². The number of carbonyl (C=O) groups is 1. The fraction of sp³-hybridized carbons (Fsp3) is 0.538. The second-order valence-electron chi connectivity index (χ2n) is 5.31. The van der Waals surface area contributed by atoms with Crippen LogP contribution in [0.25, 0.3) is 0 Å². The lowest BCUT2D eigenvalue weighted by molar-refractivity contribution is -0.115. The number of allylic oxidation sites excluding steroid dienone is 3. The van der Waals surface area contributed by atoms with Crippen LogP contribution in [-0.4, -0.2) is 10.2 Å². The van der Waals surface area contributed by atoms with Gasteiger partial charge in [-0.2, -0.15) is 0 Å². The van der Waals surface area contributed by atoms with Crippen molar-refractivity contribution >= 4 is 46.0 Å². The smallest absolute Gasteiger partial charge is 0.264 e. The van der Waals surface area contributed by atoms with Gasteiger partial charge in [0.1, 0.15) is 4.32 Å². The Morgan fingerprint density at radius 3 is 2.61 bits per heavy atom. The summed E-state index contributed by atoms with van der Waals surface area (Å²) in [4.78, 5) is 15.3. The van der Waals surface area contributed by atoms with E-state index in [-0.39, 0.29) is 5.91 Å². The molecule has 0 saturated carbocycles. The molecule has 1 N–H and O–H groups in total. The molecule has 0 aromatic heterocycles. The molecule has 96 valence electrons. The Morgan fingerprint density at radius 1 is 1.28 bits per heavy atom. The minimum absolute atomic E-state index is 0.00548. The number of hydrogen-bond donors (Lipinski definition) is 1. The Kier molecular flexibility index (Phi) is 3.32. The predicted octanol–water partition coefficient (Wildman–Crippen LogP) is 3.80. The number of hydrogen-bond acceptors (Lipinski definition) is 4. The van der Waals surface area contributed by atoms with Crippen molar-refractivity contribution in [2.24, 2.45) is 11.8 Å². The molecule has 1 aliphatic carbocycles. The van der Waals surface area contributed by atoms with E-state index >= 15 is 0 Å². The van der Waals surface area contributed by atoms with Gasteiger partial charge < -0.3 is 5.32 Å². The predicted molar refractivity (Wildman–Crippen MR) is 82.2 cm³/mol. The summed E-state index contributed by atoms with van der Waals surface area (Å²) in [7, 11) is 0. The van der Waals surface area contributed by atoms with Crippen LogP contribution in [0.3, 0.4) is 0 Å². The third kappa shape index (κ3) is 2.17. The molecule has 2 nitrogen and oxygen atoms in total. The molecule has 3 rings (SSSR count). The van der Waals surface area contributed by atoms with E-state index in [0.29, 0.717) is 4.32 Å². The van der Waals surface area contributed by atoms with E-state index in [0.717, 1.165) is 23.2 Å². The highest BCUT2D eigenvalue weighted by atomic mass is 32.2. The zero-order chi connectivity index (χ0) is 12.9. The fourth-order valence-corrected chi connectivity index (χ4v) is 5.22. The molecular weight excluding hydrogens is 282 g/mol. The van der Waals surface area contributed by atoms with Gasteiger partial charge in [0.05, 0.1) is 4.91 Å². The van der Waals surface area contributed by atoms with Gasteiger partial charge >= 0.3 is 0 Å². The van der Waals surface area contributed by atoms with Crippen LogP contribution in [0, 0.1) is 11.8 Å². The molecule has 1 fully saturated rings. The fourth-order valence-electron chi connectivity index (χ4n) is 2.64. The first kappa shape index (κ1) is 12.8. The first-order valence-corrected chi connectivity index (χ1v) is 8.23. The lowest BCUT2D eigenvalue weighted by atomic mass is 9.92. The maximum Gasteiger partial charge on any atom is 0.264 e. The van der Waals surface area contributed by atoms with E-state index in [2.05, 4.69) is 19.2 Å². The molecule has 1 amide bonds. The van der Waals surface area contributed by atoms with Crippen molar-refractivity contribution in [2.75, 3.05) is 0 Å². The monoisotopic (exact) mass is 297 g/mol. The molecule has 1 atom stereocenters. The standard InChI is InChI=1S/C13H15NOS3/c1-6(2)7-3-8-5-10(17-9(8)4-7)11-12(15)14-13(16)18-11/h6-7H,3-5H2,1-2H3,(H,14,15,16). The summed E-state index contributed by atoms with van der Waals surface area (Å²) in [6.45, 7) is 4.60. The Bertz CT molecular complexity index is 484. The molecule has 2 aliphatic heterocycles. The third-order valence-corrected chi connectivity index (χ3v) is 6.48. The lowest BCUT2D eigenvalue weighted by Crippen LogP contribution is -2.18. The number of carbonyl (C=O) groups excluding carboxylic acids is 1. The second kappa shape index (κ2) is 4.69. The summed E-state index contributed by atoms with van der Waals surface area (Å²) in [5.74, 6) is 1.55. The highest BCUT2D eigenvalue weighted by Crippen LogP contribution is 2.54. The zero-order valence-corrected chi connectivity index (χ0v) is 12.9. The van der Waals surface area contributed by atoms with Gasteiger partial charge in [0.25, 0.3) is 5.91 Å². The largest absolute Gasteiger partial charge is 0.307 e. The van der Waals surface area contributed by atoms with E-state index in [1.54, 1.807) is 5.57 Å². The number of amides is 1. The number of rotatable bonds is 1. The van der Waals surface area contributed by atoms with Crippen molar-refractivity contribution in [3.8, 4) is 0 Å². The van der Waals surface area contributed by atoms with E-state index in [4.69, 9.17) is 12.2 Å². The Balaban J connectivity index is 1.75. The molecule has 0 spiro atoms. The van der Waals surface area contributed by atoms with Gasteiger partial charge in [-0.05, 0) is 29.6 Å². The van der Waals surface area contributed by atoms with Gasteiger partial charge in [-0.3, -0.25) is 4.79 Å². The maximum atomic E-state index is 11.8. The summed E-state index contributed by atoms with van der Waals surface area (Å²) in [6, 6.07) is 0. The van der Waals surface area contributed by atoms with Gasteiger partial charge in [0.15, 0.2) is 0 Å². The Hall–Kier alpha value is -0.260. The summed E-state index contributed by atoms with van der Waals surface area (Å²) in [5, 5.41) is 2.70. The molecular formula is C13H15NOS3. The quantitative estimate of drug-likeness (QED) is 0.589. The molecule has 1 unspecified atom stereocenters. The average molecular weight is 297 g/mol. The number of thioether (sulfide) groups is 2. The second-order valence-corrected chi connectivity index (χ2v) is 8.19. The van der Waals surface area contributed by atoms with Gasteiger partial charge in [0.2, 0.25) is 0 Å². The molecule has 5 heteroatoms. The summed E-state index contributed by atoms with van der Waals surface area (Å²) < 4.78 is 0.593. The topological polar surface area (TPSA) is 29.1 Å². The van der Waals surface area contributed by atoms with Crippen molar-refractivity contribution in [3.63, 3.8) is 0 Å². The number of nitrogens with one attached hydrogen (secondary N) is 1. The van der Waals surface area contributed by atoms with E-state index in [1.165, 1.54) is 34.4 Å². The van der Waals surface area contributed by atoms with Gasteiger partial charge in [-0.1, -0.05) is 55.2 Å². The van der Waals surface area contributed by atoms with Crippen LogP contribution in [0.1, 0.15) is 33.1 Å². The molecule has 18 heavy (non-hydrogen) atoms. The van der Waals surface area contributed by atoms with Crippen molar-refractivity contribution in [1.29, 1.82) is 0 Å². The minimum atomic E-state index is -0.00548. The van der Waals surface area contributed by atoms with Gasteiger partial charge in [-0.25, -0.2) is 0 Å².